The fourth-order valence-corrected chi connectivity index (χ4v) is 5.00. The molecule has 0 aromatic heterocycles. The molecule has 5 rings (SSSR count). The smallest absolute Gasteiger partial charge is 0.156 e. The van der Waals surface area contributed by atoms with Crippen LogP contribution in [0.3, 0.4) is 0 Å². The number of allylic oxidation sites excluding steroid dienone is 2. The summed E-state index contributed by atoms with van der Waals surface area (Å²) in [6.07, 6.45) is 3.23. The number of para-hydroxylation sites is 1. The Bertz CT molecular complexity index is 1100. The Hall–Kier alpha value is -2.49. The summed E-state index contributed by atoms with van der Waals surface area (Å²) in [5.41, 5.74) is 5.61. The van der Waals surface area contributed by atoms with Crippen molar-refractivity contribution in [2.75, 3.05) is 5.32 Å². The Balaban J connectivity index is 1.45. The Labute approximate surface area is 173 Å². The maximum Gasteiger partial charge on any atom is 0.156 e. The van der Waals surface area contributed by atoms with Crippen molar-refractivity contribution in [1.29, 1.82) is 0 Å². The van der Waals surface area contributed by atoms with E-state index in [2.05, 4.69) is 41.7 Å². The number of fused-ring (bicyclic) bond motifs is 2. The van der Waals surface area contributed by atoms with E-state index in [1.54, 1.807) is 11.8 Å². The van der Waals surface area contributed by atoms with Gasteiger partial charge in [0.05, 0.1) is 11.4 Å². The summed E-state index contributed by atoms with van der Waals surface area (Å²) in [4.78, 5) is 14.9. The molecule has 138 valence electrons. The number of ketones is 1. The summed E-state index contributed by atoms with van der Waals surface area (Å²) in [5, 5.41) is 4.26. The van der Waals surface area contributed by atoms with E-state index in [0.717, 1.165) is 34.0 Å². The Morgan fingerprint density at radius 3 is 2.54 bits per heavy atom. The van der Waals surface area contributed by atoms with Crippen LogP contribution >= 0.6 is 23.4 Å². The number of benzene rings is 3. The molecule has 1 aliphatic carbocycles. The molecule has 1 heterocycles. The van der Waals surface area contributed by atoms with Gasteiger partial charge in [-0.3, -0.25) is 4.79 Å². The van der Waals surface area contributed by atoms with Crippen molar-refractivity contribution < 1.29 is 4.79 Å². The Morgan fingerprint density at radius 1 is 0.893 bits per heavy atom. The summed E-state index contributed by atoms with van der Waals surface area (Å²) < 4.78 is 0. The maximum absolute atomic E-state index is 12.4. The predicted octanol–water partition coefficient (Wildman–Crippen LogP) is 7.08. The lowest BCUT2D eigenvalue weighted by molar-refractivity contribution is -0.115. The summed E-state index contributed by atoms with van der Waals surface area (Å²) in [7, 11) is 0. The van der Waals surface area contributed by atoms with Gasteiger partial charge in [-0.05, 0) is 71.5 Å². The minimum Gasteiger partial charge on any atom is -0.354 e. The van der Waals surface area contributed by atoms with E-state index < -0.39 is 0 Å². The molecule has 0 radical (unpaired) electrons. The van der Waals surface area contributed by atoms with Crippen LogP contribution in [-0.4, -0.2) is 5.78 Å². The summed E-state index contributed by atoms with van der Waals surface area (Å²) in [6.45, 7) is 0. The fourth-order valence-electron chi connectivity index (χ4n) is 3.90. The standard InChI is InChI=1S/C24H18ClNOS/c25-19-8-5-15(6-9-19)17-11-18(13-20(27)12-17)16-7-10-24-22(14-16)26-21-3-1-2-4-23(21)28-24/h1-10,13-14,17,26H,11-12H2. The zero-order chi connectivity index (χ0) is 19.1. The van der Waals surface area contributed by atoms with Gasteiger partial charge in [-0.15, -0.1) is 0 Å². The number of hydrogen-bond acceptors (Lipinski definition) is 3. The van der Waals surface area contributed by atoms with Gasteiger partial charge >= 0.3 is 0 Å². The first-order valence-corrected chi connectivity index (χ1v) is 10.5. The van der Waals surface area contributed by atoms with Gasteiger partial charge in [0.25, 0.3) is 0 Å². The SMILES string of the molecule is O=C1C=C(c2ccc3c(c2)Nc2ccccc2S3)CC(c2ccc(Cl)cc2)C1. The topological polar surface area (TPSA) is 29.1 Å². The minimum atomic E-state index is 0.187. The number of nitrogens with one attached hydrogen (secondary N) is 1. The van der Waals surface area contributed by atoms with Crippen LogP contribution < -0.4 is 5.32 Å². The van der Waals surface area contributed by atoms with E-state index >= 15 is 0 Å². The zero-order valence-corrected chi connectivity index (χ0v) is 16.7. The molecule has 0 amide bonds. The van der Waals surface area contributed by atoms with Crippen molar-refractivity contribution >= 4 is 46.1 Å². The molecule has 0 saturated heterocycles. The second-order valence-corrected chi connectivity index (χ2v) is 8.75. The van der Waals surface area contributed by atoms with Gasteiger partial charge in [-0.25, -0.2) is 0 Å². The number of halogens is 1. The van der Waals surface area contributed by atoms with Crippen LogP contribution in [0, 0.1) is 0 Å². The molecule has 28 heavy (non-hydrogen) atoms. The molecular weight excluding hydrogens is 386 g/mol. The third-order valence-electron chi connectivity index (χ3n) is 5.32. The monoisotopic (exact) mass is 403 g/mol. The number of carbonyl (C=O) groups is 1. The van der Waals surface area contributed by atoms with E-state index in [1.807, 2.05) is 36.4 Å². The van der Waals surface area contributed by atoms with Gasteiger partial charge in [0.1, 0.15) is 0 Å². The zero-order valence-electron chi connectivity index (χ0n) is 15.1. The first-order chi connectivity index (χ1) is 13.7. The van der Waals surface area contributed by atoms with E-state index in [1.165, 1.54) is 15.4 Å². The van der Waals surface area contributed by atoms with E-state index in [9.17, 15) is 4.79 Å². The van der Waals surface area contributed by atoms with Gasteiger partial charge in [0.2, 0.25) is 0 Å². The summed E-state index contributed by atoms with van der Waals surface area (Å²) in [5.74, 6) is 0.385. The molecule has 1 N–H and O–H groups in total. The molecule has 2 aliphatic rings. The highest BCUT2D eigenvalue weighted by atomic mass is 35.5. The van der Waals surface area contributed by atoms with Gasteiger partial charge in [-0.1, -0.05) is 53.7 Å². The number of carbonyl (C=O) groups excluding carboxylic acids is 1. The molecule has 0 bridgehead atoms. The molecule has 2 nitrogen and oxygen atoms in total. The van der Waals surface area contributed by atoms with Crippen molar-refractivity contribution in [2.45, 2.75) is 28.6 Å². The van der Waals surface area contributed by atoms with Gasteiger partial charge in [0, 0.05) is 21.2 Å². The summed E-state index contributed by atoms with van der Waals surface area (Å²) >= 11 is 7.80. The second kappa shape index (κ2) is 7.16. The first-order valence-electron chi connectivity index (χ1n) is 9.33. The normalized spacial score (nSPS) is 18.0. The number of anilines is 2. The highest BCUT2D eigenvalue weighted by molar-refractivity contribution is 7.99. The van der Waals surface area contributed by atoms with E-state index in [4.69, 9.17) is 11.6 Å². The molecule has 1 atom stereocenters. The fraction of sp³-hybridized carbons (Fsp3) is 0.125. The lowest BCUT2D eigenvalue weighted by Crippen LogP contribution is -2.12. The molecule has 0 fully saturated rings. The number of hydrogen-bond donors (Lipinski definition) is 1. The molecule has 3 aromatic carbocycles. The average molecular weight is 404 g/mol. The van der Waals surface area contributed by atoms with E-state index in [0.29, 0.717) is 6.42 Å². The third-order valence-corrected chi connectivity index (χ3v) is 6.72. The van der Waals surface area contributed by atoms with Gasteiger partial charge in [-0.2, -0.15) is 0 Å². The van der Waals surface area contributed by atoms with Crippen LogP contribution in [0.4, 0.5) is 11.4 Å². The second-order valence-electron chi connectivity index (χ2n) is 7.23. The van der Waals surface area contributed by atoms with Crippen LogP contribution in [0.1, 0.15) is 29.9 Å². The molecular formula is C24H18ClNOS. The average Bonchev–Trinajstić information content (AvgIpc) is 2.72. The predicted molar refractivity (Wildman–Crippen MR) is 117 cm³/mol. The van der Waals surface area contributed by atoms with Crippen molar-refractivity contribution in [1.82, 2.24) is 0 Å². The highest BCUT2D eigenvalue weighted by Crippen LogP contribution is 2.45. The van der Waals surface area contributed by atoms with Crippen LogP contribution in [0.25, 0.3) is 5.57 Å². The largest absolute Gasteiger partial charge is 0.354 e. The van der Waals surface area contributed by atoms with Crippen molar-refractivity contribution in [3.05, 3.63) is 89.0 Å². The highest BCUT2D eigenvalue weighted by Gasteiger charge is 2.24. The van der Waals surface area contributed by atoms with Crippen LogP contribution in [0.2, 0.25) is 5.02 Å². The van der Waals surface area contributed by atoms with Crippen LogP contribution in [-0.2, 0) is 4.79 Å². The lowest BCUT2D eigenvalue weighted by atomic mass is 9.81. The molecule has 1 aliphatic heterocycles. The van der Waals surface area contributed by atoms with Gasteiger partial charge in [0.15, 0.2) is 5.78 Å². The molecule has 0 spiro atoms. The summed E-state index contributed by atoms with van der Waals surface area (Å²) in [6, 6.07) is 22.6. The number of rotatable bonds is 2. The quantitative estimate of drug-likeness (QED) is 0.387. The lowest BCUT2D eigenvalue weighted by Gasteiger charge is -2.25. The minimum absolute atomic E-state index is 0.187. The molecule has 0 saturated carbocycles. The first kappa shape index (κ1) is 17.6. The van der Waals surface area contributed by atoms with Crippen LogP contribution in [0.15, 0.2) is 82.6 Å². The third kappa shape index (κ3) is 3.36. The van der Waals surface area contributed by atoms with Crippen molar-refractivity contribution in [3.63, 3.8) is 0 Å². The van der Waals surface area contributed by atoms with Crippen LogP contribution in [0.5, 0.6) is 0 Å². The van der Waals surface area contributed by atoms with Crippen molar-refractivity contribution in [2.24, 2.45) is 0 Å². The van der Waals surface area contributed by atoms with Gasteiger partial charge < -0.3 is 5.32 Å². The molecule has 1 unspecified atom stereocenters. The van der Waals surface area contributed by atoms with E-state index in [-0.39, 0.29) is 11.7 Å². The molecule has 4 heteroatoms. The Morgan fingerprint density at radius 2 is 1.68 bits per heavy atom. The van der Waals surface area contributed by atoms with Crippen molar-refractivity contribution in [3.8, 4) is 0 Å². The molecule has 3 aromatic rings. The maximum atomic E-state index is 12.4. The Kier molecular flexibility index (Phi) is 4.50.